The van der Waals surface area contributed by atoms with Crippen LogP contribution in [-0.4, -0.2) is 21.5 Å². The molecule has 4 nitrogen and oxygen atoms in total. The third kappa shape index (κ3) is 3.69. The van der Waals surface area contributed by atoms with Gasteiger partial charge in [0.25, 0.3) is 5.56 Å². The Morgan fingerprint density at radius 3 is 2.69 bits per heavy atom. The molecule has 1 rings (SSSR count). The Morgan fingerprint density at radius 2 is 2.19 bits per heavy atom. The quantitative estimate of drug-likeness (QED) is 0.653. The number of aromatic nitrogens is 2. The van der Waals surface area contributed by atoms with Gasteiger partial charge in [0.05, 0.1) is 5.75 Å². The fourth-order valence-electron chi connectivity index (χ4n) is 0.819. The highest BCUT2D eigenvalue weighted by atomic mass is 32.2. The lowest BCUT2D eigenvalue weighted by molar-refractivity contribution is -0.141. The zero-order valence-electron chi connectivity index (χ0n) is 8.09. The van der Waals surface area contributed by atoms with Gasteiger partial charge in [-0.05, 0) is 6.92 Å². The molecule has 0 amide bonds. The molecule has 0 aliphatic heterocycles. The van der Waals surface area contributed by atoms with Crippen LogP contribution >= 0.6 is 11.8 Å². The molecule has 88 valence electrons. The Labute approximate surface area is 92.3 Å². The van der Waals surface area contributed by atoms with Gasteiger partial charge in [-0.2, -0.15) is 13.2 Å². The van der Waals surface area contributed by atoms with E-state index < -0.39 is 17.4 Å². The van der Waals surface area contributed by atoms with Gasteiger partial charge in [0, 0.05) is 6.07 Å². The minimum absolute atomic E-state index is 0.0374. The van der Waals surface area contributed by atoms with Crippen LogP contribution in [0.3, 0.4) is 0 Å². The number of Topliss-reactive ketones (excluding diaryl/α,β-unsaturated/α-hetero) is 1. The molecule has 0 spiro atoms. The summed E-state index contributed by atoms with van der Waals surface area (Å²) in [6.45, 7) is 1.29. The first kappa shape index (κ1) is 12.8. The summed E-state index contributed by atoms with van der Waals surface area (Å²) in [5.74, 6) is -0.255. The van der Waals surface area contributed by atoms with Gasteiger partial charge in [-0.25, -0.2) is 4.98 Å². The van der Waals surface area contributed by atoms with Crippen molar-refractivity contribution in [2.75, 3.05) is 5.75 Å². The van der Waals surface area contributed by atoms with E-state index in [4.69, 9.17) is 0 Å². The summed E-state index contributed by atoms with van der Waals surface area (Å²) in [6, 6.07) is 0.373. The number of alkyl halides is 3. The van der Waals surface area contributed by atoms with E-state index in [1.54, 1.807) is 0 Å². The molecular weight excluding hydrogens is 245 g/mol. The van der Waals surface area contributed by atoms with E-state index in [1.165, 1.54) is 6.92 Å². The normalized spacial score (nSPS) is 11.5. The molecule has 0 fully saturated rings. The Kier molecular flexibility index (Phi) is 3.74. The van der Waals surface area contributed by atoms with E-state index in [-0.39, 0.29) is 16.7 Å². The summed E-state index contributed by atoms with van der Waals surface area (Å²) in [7, 11) is 0. The van der Waals surface area contributed by atoms with Gasteiger partial charge >= 0.3 is 6.18 Å². The second-order valence-electron chi connectivity index (χ2n) is 2.92. The summed E-state index contributed by atoms with van der Waals surface area (Å²) in [5.41, 5.74) is -2.16. The van der Waals surface area contributed by atoms with Gasteiger partial charge in [-0.1, -0.05) is 11.8 Å². The number of thioether (sulfide) groups is 1. The molecule has 0 aliphatic rings. The summed E-state index contributed by atoms with van der Waals surface area (Å²) < 4.78 is 36.8. The van der Waals surface area contributed by atoms with E-state index in [2.05, 4.69) is 9.97 Å². The van der Waals surface area contributed by atoms with Crippen LogP contribution in [0.5, 0.6) is 0 Å². The first-order valence-electron chi connectivity index (χ1n) is 4.10. The number of aromatic amines is 1. The maximum Gasteiger partial charge on any atom is 0.433 e. The van der Waals surface area contributed by atoms with Crippen molar-refractivity contribution in [2.24, 2.45) is 0 Å². The van der Waals surface area contributed by atoms with Crippen LogP contribution in [0.1, 0.15) is 12.6 Å². The van der Waals surface area contributed by atoms with Crippen molar-refractivity contribution in [2.45, 2.75) is 18.3 Å². The van der Waals surface area contributed by atoms with Gasteiger partial charge < -0.3 is 4.98 Å². The molecule has 0 saturated carbocycles. The van der Waals surface area contributed by atoms with Crippen molar-refractivity contribution in [3.05, 3.63) is 22.1 Å². The second kappa shape index (κ2) is 4.69. The monoisotopic (exact) mass is 252 g/mol. The zero-order chi connectivity index (χ0) is 12.3. The molecule has 0 aromatic carbocycles. The molecule has 16 heavy (non-hydrogen) atoms. The number of nitrogens with one attached hydrogen (secondary N) is 1. The van der Waals surface area contributed by atoms with Crippen molar-refractivity contribution in [1.29, 1.82) is 0 Å². The maximum absolute atomic E-state index is 12.3. The molecule has 1 aromatic heterocycles. The number of rotatable bonds is 3. The van der Waals surface area contributed by atoms with Crippen molar-refractivity contribution in [3.63, 3.8) is 0 Å². The third-order valence-electron chi connectivity index (χ3n) is 1.42. The van der Waals surface area contributed by atoms with Gasteiger partial charge in [-0.3, -0.25) is 9.59 Å². The molecule has 1 N–H and O–H groups in total. The molecule has 0 bridgehead atoms. The largest absolute Gasteiger partial charge is 0.433 e. The Bertz CT molecular complexity index is 455. The van der Waals surface area contributed by atoms with Crippen molar-refractivity contribution < 1.29 is 18.0 Å². The summed E-state index contributed by atoms with van der Waals surface area (Å²) >= 11 is 0.757. The van der Waals surface area contributed by atoms with Gasteiger partial charge in [0.1, 0.15) is 5.78 Å². The van der Waals surface area contributed by atoms with Crippen molar-refractivity contribution in [3.8, 4) is 0 Å². The summed E-state index contributed by atoms with van der Waals surface area (Å²) in [5, 5.41) is -0.213. The predicted octanol–water partition coefficient (Wildman–Crippen LogP) is 1.47. The standard InChI is InChI=1S/C8H7F3N2O2S/c1-4(14)3-16-7-12-5(8(9,10)11)2-6(15)13-7/h2H,3H2,1H3,(H,12,13,15). The molecule has 0 aliphatic carbocycles. The zero-order valence-corrected chi connectivity index (χ0v) is 8.91. The number of hydrogen-bond donors (Lipinski definition) is 1. The van der Waals surface area contributed by atoms with E-state index >= 15 is 0 Å². The van der Waals surface area contributed by atoms with E-state index in [1.807, 2.05) is 0 Å². The minimum Gasteiger partial charge on any atom is -0.301 e. The molecule has 0 unspecified atom stereocenters. The maximum atomic E-state index is 12.3. The first-order chi connectivity index (χ1) is 7.29. The van der Waals surface area contributed by atoms with Crippen LogP contribution in [-0.2, 0) is 11.0 Å². The van der Waals surface area contributed by atoms with Gasteiger partial charge in [-0.15, -0.1) is 0 Å². The van der Waals surface area contributed by atoms with Gasteiger partial charge in [0.2, 0.25) is 0 Å². The molecule has 1 heterocycles. The number of H-pyrrole nitrogens is 1. The van der Waals surface area contributed by atoms with E-state index in [0.717, 1.165) is 11.8 Å². The lowest BCUT2D eigenvalue weighted by Crippen LogP contribution is -2.17. The highest BCUT2D eigenvalue weighted by molar-refractivity contribution is 7.99. The lowest BCUT2D eigenvalue weighted by Gasteiger charge is -2.06. The van der Waals surface area contributed by atoms with Crippen LogP contribution in [0.4, 0.5) is 13.2 Å². The fourth-order valence-corrected chi connectivity index (χ4v) is 1.49. The first-order valence-corrected chi connectivity index (χ1v) is 5.08. The van der Waals surface area contributed by atoms with Crippen LogP contribution in [0.2, 0.25) is 0 Å². The molecule has 0 atom stereocenters. The number of ketones is 1. The van der Waals surface area contributed by atoms with Crippen LogP contribution < -0.4 is 5.56 Å². The topological polar surface area (TPSA) is 62.8 Å². The average molecular weight is 252 g/mol. The van der Waals surface area contributed by atoms with E-state index in [9.17, 15) is 22.8 Å². The lowest BCUT2D eigenvalue weighted by atomic mass is 10.4. The number of carbonyl (C=O) groups excluding carboxylic acids is 1. The SMILES string of the molecule is CC(=O)CSc1nc(C(F)(F)F)cc(=O)[nH]1. The molecule has 0 saturated heterocycles. The van der Waals surface area contributed by atoms with Crippen LogP contribution in [0.15, 0.2) is 16.0 Å². The van der Waals surface area contributed by atoms with Gasteiger partial charge in [0.15, 0.2) is 10.9 Å². The van der Waals surface area contributed by atoms with E-state index in [0.29, 0.717) is 6.07 Å². The highest BCUT2D eigenvalue weighted by Crippen LogP contribution is 2.27. The average Bonchev–Trinajstić information content (AvgIpc) is 2.12. The number of hydrogen-bond acceptors (Lipinski definition) is 4. The smallest absolute Gasteiger partial charge is 0.301 e. The second-order valence-corrected chi connectivity index (χ2v) is 3.89. The van der Waals surface area contributed by atoms with Crippen LogP contribution in [0, 0.1) is 0 Å². The molecule has 8 heteroatoms. The predicted molar refractivity (Wildman–Crippen MR) is 51.3 cm³/mol. The summed E-state index contributed by atoms with van der Waals surface area (Å²) in [4.78, 5) is 26.9. The minimum atomic E-state index is -4.67. The summed E-state index contributed by atoms with van der Waals surface area (Å²) in [6.07, 6.45) is -4.67. The molecule has 1 aromatic rings. The number of halogens is 3. The third-order valence-corrected chi connectivity index (χ3v) is 2.44. The Morgan fingerprint density at radius 1 is 1.56 bits per heavy atom. The fraction of sp³-hybridized carbons (Fsp3) is 0.375. The molecule has 0 radical (unpaired) electrons. The number of carbonyl (C=O) groups is 1. The van der Waals surface area contributed by atoms with Crippen LogP contribution in [0.25, 0.3) is 0 Å². The molecular formula is C8H7F3N2O2S. The van der Waals surface area contributed by atoms with Crippen molar-refractivity contribution in [1.82, 2.24) is 9.97 Å². The Balaban J connectivity index is 2.99. The highest BCUT2D eigenvalue weighted by Gasteiger charge is 2.33. The number of nitrogens with zero attached hydrogens (tertiary/aromatic N) is 1. The Hall–Kier alpha value is -1.31. The van der Waals surface area contributed by atoms with Crippen molar-refractivity contribution >= 4 is 17.5 Å².